The standard InChI is InChI=1S/C15H17N3O3/c1-3-16-8-12-7-13(10-17-9-12)21-15-5-4-11(2)6-14(15)18(19)20/h4-7,9-10,16H,3,8H2,1-2H3. The molecule has 0 amide bonds. The van der Waals surface area contributed by atoms with Gasteiger partial charge in [0, 0.05) is 18.8 Å². The summed E-state index contributed by atoms with van der Waals surface area (Å²) in [4.78, 5) is 14.7. The van der Waals surface area contributed by atoms with Gasteiger partial charge < -0.3 is 10.1 Å². The van der Waals surface area contributed by atoms with Crippen molar-refractivity contribution < 1.29 is 9.66 Å². The number of nitrogens with zero attached hydrogens (tertiary/aromatic N) is 2. The highest BCUT2D eigenvalue weighted by molar-refractivity contribution is 5.50. The highest BCUT2D eigenvalue weighted by atomic mass is 16.6. The molecule has 0 saturated heterocycles. The van der Waals surface area contributed by atoms with E-state index in [0.717, 1.165) is 17.7 Å². The molecule has 0 aliphatic heterocycles. The SMILES string of the molecule is CCNCc1cncc(Oc2ccc(C)cc2[N+](=O)[O-])c1. The lowest BCUT2D eigenvalue weighted by Gasteiger charge is -2.08. The molecule has 0 aliphatic carbocycles. The van der Waals surface area contributed by atoms with Crippen LogP contribution < -0.4 is 10.1 Å². The Balaban J connectivity index is 2.24. The van der Waals surface area contributed by atoms with Crippen molar-refractivity contribution in [2.24, 2.45) is 0 Å². The van der Waals surface area contributed by atoms with Crippen LogP contribution >= 0.6 is 0 Å². The average molecular weight is 287 g/mol. The maximum absolute atomic E-state index is 11.1. The van der Waals surface area contributed by atoms with Crippen LogP contribution in [0.1, 0.15) is 18.1 Å². The van der Waals surface area contributed by atoms with E-state index in [2.05, 4.69) is 10.3 Å². The molecule has 21 heavy (non-hydrogen) atoms. The first-order valence-electron chi connectivity index (χ1n) is 6.67. The number of nitrogens with one attached hydrogen (secondary N) is 1. The summed E-state index contributed by atoms with van der Waals surface area (Å²) in [6, 6.07) is 6.69. The van der Waals surface area contributed by atoms with Crippen molar-refractivity contribution in [1.82, 2.24) is 10.3 Å². The summed E-state index contributed by atoms with van der Waals surface area (Å²) in [5.74, 6) is 0.699. The molecule has 1 heterocycles. The van der Waals surface area contributed by atoms with Gasteiger partial charge in [-0.15, -0.1) is 0 Å². The average Bonchev–Trinajstić information content (AvgIpc) is 2.47. The van der Waals surface area contributed by atoms with Crippen molar-refractivity contribution in [3.05, 3.63) is 57.9 Å². The smallest absolute Gasteiger partial charge is 0.311 e. The van der Waals surface area contributed by atoms with Crippen LogP contribution in [0.25, 0.3) is 0 Å². The zero-order chi connectivity index (χ0) is 15.2. The number of aromatic nitrogens is 1. The van der Waals surface area contributed by atoms with Crippen LogP contribution in [0.15, 0.2) is 36.7 Å². The van der Waals surface area contributed by atoms with Crippen molar-refractivity contribution in [2.45, 2.75) is 20.4 Å². The van der Waals surface area contributed by atoms with Gasteiger partial charge in [0.25, 0.3) is 0 Å². The topological polar surface area (TPSA) is 77.3 Å². The Morgan fingerprint density at radius 1 is 1.33 bits per heavy atom. The van der Waals surface area contributed by atoms with Gasteiger partial charge in [-0.3, -0.25) is 15.1 Å². The zero-order valence-electron chi connectivity index (χ0n) is 12.0. The van der Waals surface area contributed by atoms with Crippen LogP contribution in [-0.4, -0.2) is 16.5 Å². The lowest BCUT2D eigenvalue weighted by molar-refractivity contribution is -0.385. The molecule has 1 aromatic carbocycles. The Labute approximate surface area is 122 Å². The number of hydrogen-bond donors (Lipinski definition) is 1. The van der Waals surface area contributed by atoms with Gasteiger partial charge in [0.15, 0.2) is 0 Å². The van der Waals surface area contributed by atoms with Gasteiger partial charge in [-0.1, -0.05) is 13.0 Å². The third kappa shape index (κ3) is 4.00. The predicted octanol–water partition coefficient (Wildman–Crippen LogP) is 3.20. The van der Waals surface area contributed by atoms with Crippen LogP contribution in [0.3, 0.4) is 0 Å². The van der Waals surface area contributed by atoms with Crippen molar-refractivity contribution in [1.29, 1.82) is 0 Å². The quantitative estimate of drug-likeness (QED) is 0.652. The molecule has 0 fully saturated rings. The fourth-order valence-corrected chi connectivity index (χ4v) is 1.87. The van der Waals surface area contributed by atoms with Gasteiger partial charge in [0.1, 0.15) is 5.75 Å². The number of hydrogen-bond acceptors (Lipinski definition) is 5. The summed E-state index contributed by atoms with van der Waals surface area (Å²) in [7, 11) is 0. The molecule has 0 spiro atoms. The molecule has 0 atom stereocenters. The first-order valence-corrected chi connectivity index (χ1v) is 6.67. The highest BCUT2D eigenvalue weighted by Gasteiger charge is 2.16. The summed E-state index contributed by atoms with van der Waals surface area (Å²) >= 11 is 0. The minimum absolute atomic E-state index is 0.0490. The lowest BCUT2D eigenvalue weighted by atomic mass is 10.2. The molecule has 0 unspecified atom stereocenters. The molecule has 0 aliphatic rings. The van der Waals surface area contributed by atoms with Gasteiger partial charge in [-0.05, 0) is 36.7 Å². The molecule has 0 saturated carbocycles. The molecule has 6 nitrogen and oxygen atoms in total. The van der Waals surface area contributed by atoms with E-state index in [0.29, 0.717) is 12.3 Å². The summed E-state index contributed by atoms with van der Waals surface area (Å²) in [6.45, 7) is 5.35. The van der Waals surface area contributed by atoms with E-state index in [1.807, 2.05) is 13.0 Å². The first-order chi connectivity index (χ1) is 10.1. The number of aryl methyl sites for hydroxylation is 1. The molecule has 1 N–H and O–H groups in total. The van der Waals surface area contributed by atoms with Crippen molar-refractivity contribution in [3.63, 3.8) is 0 Å². The van der Waals surface area contributed by atoms with E-state index >= 15 is 0 Å². The Bertz CT molecular complexity index is 644. The second-order valence-corrected chi connectivity index (χ2v) is 4.64. The van der Waals surface area contributed by atoms with Crippen LogP contribution in [0.2, 0.25) is 0 Å². The third-order valence-electron chi connectivity index (χ3n) is 2.89. The van der Waals surface area contributed by atoms with E-state index in [1.54, 1.807) is 31.5 Å². The van der Waals surface area contributed by atoms with E-state index in [-0.39, 0.29) is 11.4 Å². The first kappa shape index (κ1) is 14.9. The number of benzene rings is 1. The molecule has 0 bridgehead atoms. The monoisotopic (exact) mass is 287 g/mol. The van der Waals surface area contributed by atoms with Gasteiger partial charge in [-0.2, -0.15) is 0 Å². The third-order valence-corrected chi connectivity index (χ3v) is 2.89. The van der Waals surface area contributed by atoms with Crippen LogP contribution in [0.4, 0.5) is 5.69 Å². The number of nitro groups is 1. The second-order valence-electron chi connectivity index (χ2n) is 4.64. The Morgan fingerprint density at radius 3 is 2.86 bits per heavy atom. The minimum atomic E-state index is -0.446. The minimum Gasteiger partial charge on any atom is -0.448 e. The van der Waals surface area contributed by atoms with Crippen LogP contribution in [-0.2, 0) is 6.54 Å². The molecular weight excluding hydrogens is 270 g/mol. The van der Waals surface area contributed by atoms with Gasteiger partial charge >= 0.3 is 5.69 Å². The molecule has 6 heteroatoms. The number of nitro benzene ring substituents is 1. The molecular formula is C15H17N3O3. The van der Waals surface area contributed by atoms with Crippen molar-refractivity contribution >= 4 is 5.69 Å². The van der Waals surface area contributed by atoms with E-state index < -0.39 is 4.92 Å². The molecule has 110 valence electrons. The fraction of sp³-hybridized carbons (Fsp3) is 0.267. The Kier molecular flexibility index (Phi) is 4.84. The maximum Gasteiger partial charge on any atom is 0.311 e. The van der Waals surface area contributed by atoms with Crippen LogP contribution in [0.5, 0.6) is 11.5 Å². The summed E-state index contributed by atoms with van der Waals surface area (Å²) < 4.78 is 5.61. The largest absolute Gasteiger partial charge is 0.448 e. The van der Waals surface area contributed by atoms with Gasteiger partial charge in [0.2, 0.25) is 5.75 Å². The zero-order valence-corrected chi connectivity index (χ0v) is 12.0. The van der Waals surface area contributed by atoms with Gasteiger partial charge in [0.05, 0.1) is 11.1 Å². The molecule has 2 aromatic rings. The van der Waals surface area contributed by atoms with Crippen molar-refractivity contribution in [3.8, 4) is 11.5 Å². The number of pyridine rings is 1. The normalized spacial score (nSPS) is 10.4. The lowest BCUT2D eigenvalue weighted by Crippen LogP contribution is -2.11. The molecule has 0 radical (unpaired) electrons. The summed E-state index contributed by atoms with van der Waals surface area (Å²) in [5, 5.41) is 14.3. The van der Waals surface area contributed by atoms with Gasteiger partial charge in [-0.25, -0.2) is 0 Å². The number of rotatable bonds is 6. The van der Waals surface area contributed by atoms with Crippen LogP contribution in [0, 0.1) is 17.0 Å². The predicted molar refractivity (Wildman–Crippen MR) is 79.5 cm³/mol. The summed E-state index contributed by atoms with van der Waals surface area (Å²) in [6.07, 6.45) is 3.28. The number of ether oxygens (including phenoxy) is 1. The second kappa shape index (κ2) is 6.81. The summed E-state index contributed by atoms with van der Waals surface area (Å²) in [5.41, 5.74) is 1.73. The maximum atomic E-state index is 11.1. The van der Waals surface area contributed by atoms with E-state index in [1.165, 1.54) is 6.07 Å². The Hall–Kier alpha value is -2.47. The van der Waals surface area contributed by atoms with E-state index in [9.17, 15) is 10.1 Å². The van der Waals surface area contributed by atoms with Crippen molar-refractivity contribution in [2.75, 3.05) is 6.54 Å². The molecule has 2 rings (SSSR count). The van der Waals surface area contributed by atoms with E-state index in [4.69, 9.17) is 4.74 Å². The fourth-order valence-electron chi connectivity index (χ4n) is 1.87. The molecule has 1 aromatic heterocycles. The highest BCUT2D eigenvalue weighted by Crippen LogP contribution is 2.31. The Morgan fingerprint density at radius 2 is 2.14 bits per heavy atom.